The smallest absolute Gasteiger partial charge is 0.312 e. The largest absolute Gasteiger partial charge is 0.469 e. The number of ether oxygens (including phenoxy) is 1. The summed E-state index contributed by atoms with van der Waals surface area (Å²) in [4.78, 5) is 11.6. The highest BCUT2D eigenvalue weighted by Gasteiger charge is 2.39. The van der Waals surface area contributed by atoms with E-state index in [1.54, 1.807) is 0 Å². The molecule has 0 unspecified atom stereocenters. The van der Waals surface area contributed by atoms with E-state index in [4.69, 9.17) is 4.74 Å². The monoisotopic (exact) mass is 200 g/mol. The molecule has 0 aromatic carbocycles. The Morgan fingerprint density at radius 3 is 2.69 bits per heavy atom. The van der Waals surface area contributed by atoms with E-state index in [0.29, 0.717) is 0 Å². The number of hydrogen-bond acceptors (Lipinski definition) is 3. The molecule has 0 amide bonds. The quantitative estimate of drug-likeness (QED) is 0.516. The van der Waals surface area contributed by atoms with Crippen LogP contribution in [0.4, 0.5) is 0 Å². The Morgan fingerprint density at radius 1 is 1.62 bits per heavy atom. The predicted molar refractivity (Wildman–Crippen MR) is 55.8 cm³/mol. The maximum atomic E-state index is 11.6. The van der Waals surface area contributed by atoms with E-state index in [1.165, 1.54) is 7.11 Å². The molecule has 0 atom stereocenters. The van der Waals surface area contributed by atoms with Crippen LogP contribution in [-0.2, 0) is 9.53 Å². The summed E-state index contributed by atoms with van der Waals surface area (Å²) >= 11 is 1.91. The lowest BCUT2D eigenvalue weighted by atomic mass is 9.79. The minimum atomic E-state index is -0.262. The van der Waals surface area contributed by atoms with Crippen LogP contribution in [0.1, 0.15) is 19.3 Å². The van der Waals surface area contributed by atoms with Gasteiger partial charge in [0.1, 0.15) is 0 Å². The van der Waals surface area contributed by atoms with Crippen LogP contribution in [0.25, 0.3) is 0 Å². The summed E-state index contributed by atoms with van der Waals surface area (Å²) in [5.74, 6) is 2.05. The molecule has 0 radical (unpaired) electrons. The first-order chi connectivity index (χ1) is 6.25. The predicted octanol–water partition coefficient (Wildman–Crippen LogP) is 2.25. The molecule has 1 fully saturated rings. The van der Waals surface area contributed by atoms with Gasteiger partial charge in [-0.3, -0.25) is 4.79 Å². The average Bonchev–Trinajstić information content (AvgIpc) is 2.18. The number of methoxy groups -OCH3 is 1. The molecule has 13 heavy (non-hydrogen) atoms. The van der Waals surface area contributed by atoms with Crippen LogP contribution in [0.15, 0.2) is 12.7 Å². The first-order valence-corrected chi connectivity index (χ1v) is 5.68. The summed E-state index contributed by atoms with van der Waals surface area (Å²) in [7, 11) is 1.47. The second-order valence-corrected chi connectivity index (χ2v) is 4.60. The Labute approximate surface area is 83.7 Å². The summed E-state index contributed by atoms with van der Waals surface area (Å²) < 4.78 is 4.85. The highest BCUT2D eigenvalue weighted by molar-refractivity contribution is 7.99. The fraction of sp³-hybridized carbons (Fsp3) is 0.700. The SMILES string of the molecule is C=CCC1(C(=O)OC)CCSCC1. The zero-order valence-corrected chi connectivity index (χ0v) is 8.86. The Bertz CT molecular complexity index is 195. The van der Waals surface area contributed by atoms with Gasteiger partial charge in [0.2, 0.25) is 0 Å². The highest BCUT2D eigenvalue weighted by atomic mass is 32.2. The topological polar surface area (TPSA) is 26.3 Å². The van der Waals surface area contributed by atoms with Crippen LogP contribution in [0, 0.1) is 5.41 Å². The molecule has 2 nitrogen and oxygen atoms in total. The van der Waals surface area contributed by atoms with Crippen molar-refractivity contribution in [3.05, 3.63) is 12.7 Å². The third-order valence-corrected chi connectivity index (χ3v) is 3.59. The first kappa shape index (κ1) is 10.6. The minimum absolute atomic E-state index is 0.0623. The second-order valence-electron chi connectivity index (χ2n) is 3.38. The maximum absolute atomic E-state index is 11.6. The standard InChI is InChI=1S/C10H16O2S/c1-3-4-10(9(11)12-2)5-7-13-8-6-10/h3H,1,4-8H2,2H3. The highest BCUT2D eigenvalue weighted by Crippen LogP contribution is 2.39. The lowest BCUT2D eigenvalue weighted by molar-refractivity contribution is -0.153. The van der Waals surface area contributed by atoms with Crippen LogP contribution in [-0.4, -0.2) is 24.6 Å². The number of allylic oxidation sites excluding steroid dienone is 1. The van der Waals surface area contributed by atoms with E-state index < -0.39 is 0 Å². The molecule has 0 saturated carbocycles. The number of carbonyl (C=O) groups is 1. The van der Waals surface area contributed by atoms with E-state index in [0.717, 1.165) is 30.8 Å². The Morgan fingerprint density at radius 2 is 2.23 bits per heavy atom. The van der Waals surface area contributed by atoms with Gasteiger partial charge in [-0.15, -0.1) is 6.58 Å². The van der Waals surface area contributed by atoms with Gasteiger partial charge < -0.3 is 4.74 Å². The molecule has 0 bridgehead atoms. The van der Waals surface area contributed by atoms with E-state index in [-0.39, 0.29) is 11.4 Å². The molecule has 1 heterocycles. The molecule has 0 aromatic rings. The Hall–Kier alpha value is -0.440. The Kier molecular flexibility index (Phi) is 3.85. The number of hydrogen-bond donors (Lipinski definition) is 0. The molecule has 0 aromatic heterocycles. The summed E-state index contributed by atoms with van der Waals surface area (Å²) in [6.07, 6.45) is 4.43. The number of rotatable bonds is 3. The van der Waals surface area contributed by atoms with Crippen molar-refractivity contribution >= 4 is 17.7 Å². The van der Waals surface area contributed by atoms with E-state index in [9.17, 15) is 4.79 Å². The minimum Gasteiger partial charge on any atom is -0.469 e. The van der Waals surface area contributed by atoms with E-state index in [2.05, 4.69) is 6.58 Å². The summed E-state index contributed by atoms with van der Waals surface area (Å²) in [6, 6.07) is 0. The summed E-state index contributed by atoms with van der Waals surface area (Å²) in [5, 5.41) is 0. The molecule has 0 aliphatic carbocycles. The van der Waals surface area contributed by atoms with Crippen LogP contribution in [0.3, 0.4) is 0 Å². The molecule has 3 heteroatoms. The molecule has 0 N–H and O–H groups in total. The molecule has 1 aliphatic heterocycles. The Balaban J connectivity index is 2.71. The first-order valence-electron chi connectivity index (χ1n) is 4.52. The van der Waals surface area contributed by atoms with Crippen molar-refractivity contribution < 1.29 is 9.53 Å². The van der Waals surface area contributed by atoms with E-state index in [1.807, 2.05) is 17.8 Å². The van der Waals surface area contributed by atoms with Gasteiger partial charge in [0, 0.05) is 0 Å². The van der Waals surface area contributed by atoms with Gasteiger partial charge in [-0.25, -0.2) is 0 Å². The molecule has 74 valence electrons. The summed E-state index contributed by atoms with van der Waals surface area (Å²) in [6.45, 7) is 3.70. The molecule has 1 saturated heterocycles. The number of carbonyl (C=O) groups excluding carboxylic acids is 1. The van der Waals surface area contributed by atoms with E-state index >= 15 is 0 Å². The molecular weight excluding hydrogens is 184 g/mol. The van der Waals surface area contributed by atoms with Gasteiger partial charge in [-0.1, -0.05) is 6.08 Å². The molecule has 0 spiro atoms. The number of esters is 1. The lowest BCUT2D eigenvalue weighted by Crippen LogP contribution is -2.35. The fourth-order valence-electron chi connectivity index (χ4n) is 1.75. The van der Waals surface area contributed by atoms with Crippen LogP contribution in [0.5, 0.6) is 0 Å². The van der Waals surface area contributed by atoms with Crippen molar-refractivity contribution in [3.8, 4) is 0 Å². The zero-order chi connectivity index (χ0) is 9.73. The van der Waals surface area contributed by atoms with Crippen LogP contribution in [0.2, 0.25) is 0 Å². The third kappa shape index (κ3) is 2.27. The van der Waals surface area contributed by atoms with Gasteiger partial charge in [0.05, 0.1) is 12.5 Å². The van der Waals surface area contributed by atoms with Crippen molar-refractivity contribution in [2.24, 2.45) is 5.41 Å². The average molecular weight is 200 g/mol. The van der Waals surface area contributed by atoms with Crippen molar-refractivity contribution in [1.82, 2.24) is 0 Å². The maximum Gasteiger partial charge on any atom is 0.312 e. The van der Waals surface area contributed by atoms with Crippen LogP contribution >= 0.6 is 11.8 Å². The van der Waals surface area contributed by atoms with Crippen molar-refractivity contribution in [1.29, 1.82) is 0 Å². The third-order valence-electron chi connectivity index (χ3n) is 2.60. The van der Waals surface area contributed by atoms with Gasteiger partial charge >= 0.3 is 5.97 Å². The fourth-order valence-corrected chi connectivity index (χ4v) is 3.02. The number of thioether (sulfide) groups is 1. The van der Waals surface area contributed by atoms with Gasteiger partial charge in [0.15, 0.2) is 0 Å². The van der Waals surface area contributed by atoms with Crippen molar-refractivity contribution in [3.63, 3.8) is 0 Å². The van der Waals surface area contributed by atoms with Crippen LogP contribution < -0.4 is 0 Å². The second kappa shape index (κ2) is 4.70. The molecule has 1 aliphatic rings. The molecule has 1 rings (SSSR count). The molecular formula is C10H16O2S. The van der Waals surface area contributed by atoms with Gasteiger partial charge in [0.25, 0.3) is 0 Å². The summed E-state index contributed by atoms with van der Waals surface area (Å²) in [5.41, 5.74) is -0.262. The lowest BCUT2D eigenvalue weighted by Gasteiger charge is -2.33. The van der Waals surface area contributed by atoms with Crippen molar-refractivity contribution in [2.75, 3.05) is 18.6 Å². The van der Waals surface area contributed by atoms with Gasteiger partial charge in [-0.05, 0) is 30.8 Å². The van der Waals surface area contributed by atoms with Crippen molar-refractivity contribution in [2.45, 2.75) is 19.3 Å². The normalized spacial score (nSPS) is 20.7. The zero-order valence-electron chi connectivity index (χ0n) is 8.04. The van der Waals surface area contributed by atoms with Gasteiger partial charge in [-0.2, -0.15) is 11.8 Å².